The third-order valence-corrected chi connectivity index (χ3v) is 2.78. The van der Waals surface area contributed by atoms with Gasteiger partial charge in [-0.2, -0.15) is 0 Å². The molecule has 0 bridgehead atoms. The summed E-state index contributed by atoms with van der Waals surface area (Å²) >= 11 is 0. The molecule has 98 valence electrons. The van der Waals surface area contributed by atoms with E-state index >= 15 is 0 Å². The number of imidazole rings is 1. The first kappa shape index (κ1) is 12.7. The van der Waals surface area contributed by atoms with Gasteiger partial charge in [0.15, 0.2) is 0 Å². The Bertz CT molecular complexity index is 531. The summed E-state index contributed by atoms with van der Waals surface area (Å²) in [5.41, 5.74) is 7.91. The van der Waals surface area contributed by atoms with E-state index in [4.69, 9.17) is 10.5 Å². The lowest BCUT2D eigenvalue weighted by Gasteiger charge is -2.09. The Morgan fingerprint density at radius 3 is 2.83 bits per heavy atom. The van der Waals surface area contributed by atoms with Crippen LogP contribution in [0, 0.1) is 5.92 Å². The van der Waals surface area contributed by atoms with Gasteiger partial charge >= 0.3 is 0 Å². The first-order chi connectivity index (χ1) is 8.63. The molecule has 1 aromatic heterocycles. The fourth-order valence-electron chi connectivity index (χ4n) is 2.02. The molecule has 0 saturated carbocycles. The number of nitrogens with zero attached hydrogens (tertiary/aromatic N) is 2. The number of fused-ring (bicyclic) bond motifs is 1. The van der Waals surface area contributed by atoms with E-state index < -0.39 is 0 Å². The number of para-hydroxylation sites is 1. The molecule has 18 heavy (non-hydrogen) atoms. The molecule has 0 fully saturated rings. The summed E-state index contributed by atoms with van der Waals surface area (Å²) in [7, 11) is 0. The fourth-order valence-corrected chi connectivity index (χ4v) is 2.02. The van der Waals surface area contributed by atoms with E-state index in [1.807, 2.05) is 18.2 Å². The highest BCUT2D eigenvalue weighted by molar-refractivity contribution is 5.84. The first-order valence-corrected chi connectivity index (χ1v) is 6.51. The minimum Gasteiger partial charge on any atom is -0.491 e. The average Bonchev–Trinajstić information content (AvgIpc) is 2.64. The maximum Gasteiger partial charge on any atom is 0.201 e. The van der Waals surface area contributed by atoms with E-state index in [-0.39, 0.29) is 0 Å². The molecule has 2 rings (SSSR count). The van der Waals surface area contributed by atoms with Crippen LogP contribution in [0.3, 0.4) is 0 Å². The molecule has 0 saturated heterocycles. The van der Waals surface area contributed by atoms with Crippen molar-refractivity contribution in [3.05, 3.63) is 18.2 Å². The van der Waals surface area contributed by atoms with E-state index in [1.165, 1.54) is 0 Å². The fraction of sp³-hybridized carbons (Fsp3) is 0.500. The number of ether oxygens (including phenoxy) is 1. The lowest BCUT2D eigenvalue weighted by molar-refractivity contribution is 0.320. The van der Waals surface area contributed by atoms with Gasteiger partial charge in [0, 0.05) is 6.54 Å². The molecule has 0 unspecified atom stereocenters. The van der Waals surface area contributed by atoms with Gasteiger partial charge in [-0.15, -0.1) is 0 Å². The van der Waals surface area contributed by atoms with E-state index in [1.54, 1.807) is 0 Å². The van der Waals surface area contributed by atoms with Crippen molar-refractivity contribution in [1.29, 1.82) is 0 Å². The van der Waals surface area contributed by atoms with Crippen molar-refractivity contribution in [3.8, 4) is 5.75 Å². The van der Waals surface area contributed by atoms with Gasteiger partial charge in [-0.05, 0) is 24.5 Å². The number of rotatable bonds is 5. The van der Waals surface area contributed by atoms with Crippen molar-refractivity contribution in [2.45, 2.75) is 33.7 Å². The molecule has 0 radical (unpaired) electrons. The van der Waals surface area contributed by atoms with Crippen LogP contribution < -0.4 is 10.5 Å². The molecule has 0 amide bonds. The topological polar surface area (TPSA) is 53.1 Å². The predicted octanol–water partition coefficient (Wildman–Crippen LogP) is 3.06. The predicted molar refractivity (Wildman–Crippen MR) is 74.8 cm³/mol. The number of nitrogens with two attached hydrogens (primary N) is 1. The zero-order valence-corrected chi connectivity index (χ0v) is 11.3. The van der Waals surface area contributed by atoms with Crippen molar-refractivity contribution < 1.29 is 4.74 Å². The van der Waals surface area contributed by atoms with Crippen molar-refractivity contribution in [2.24, 2.45) is 5.92 Å². The summed E-state index contributed by atoms with van der Waals surface area (Å²) in [6.07, 6.45) is 0.985. The number of hydrogen-bond acceptors (Lipinski definition) is 3. The molecule has 1 aromatic carbocycles. The molecule has 0 atom stereocenters. The van der Waals surface area contributed by atoms with Gasteiger partial charge in [0.05, 0.1) is 12.1 Å². The molecular weight excluding hydrogens is 226 g/mol. The van der Waals surface area contributed by atoms with Crippen molar-refractivity contribution in [1.82, 2.24) is 9.55 Å². The smallest absolute Gasteiger partial charge is 0.201 e. The van der Waals surface area contributed by atoms with Crippen LogP contribution in [0.15, 0.2) is 18.2 Å². The Labute approximate surface area is 108 Å². The Kier molecular flexibility index (Phi) is 3.75. The molecule has 1 heterocycles. The van der Waals surface area contributed by atoms with E-state index in [0.29, 0.717) is 18.5 Å². The minimum absolute atomic E-state index is 0.532. The molecule has 4 heteroatoms. The van der Waals surface area contributed by atoms with Crippen LogP contribution in [0.25, 0.3) is 11.0 Å². The van der Waals surface area contributed by atoms with Gasteiger partial charge < -0.3 is 15.0 Å². The van der Waals surface area contributed by atoms with Crippen LogP contribution in [0.1, 0.15) is 27.2 Å². The summed E-state index contributed by atoms with van der Waals surface area (Å²) in [6, 6.07) is 5.98. The van der Waals surface area contributed by atoms with Crippen LogP contribution in [-0.2, 0) is 6.54 Å². The lowest BCUT2D eigenvalue weighted by atomic mass is 10.2. The molecule has 4 nitrogen and oxygen atoms in total. The molecule has 2 N–H and O–H groups in total. The number of aromatic nitrogens is 2. The normalized spacial score (nSPS) is 11.3. The number of hydrogen-bond donors (Lipinski definition) is 1. The minimum atomic E-state index is 0.532. The first-order valence-electron chi connectivity index (χ1n) is 6.51. The van der Waals surface area contributed by atoms with E-state index in [9.17, 15) is 0 Å². The van der Waals surface area contributed by atoms with E-state index in [0.717, 1.165) is 29.7 Å². The number of anilines is 1. The van der Waals surface area contributed by atoms with Gasteiger partial charge in [0.25, 0.3) is 0 Å². The second-order valence-electron chi connectivity index (χ2n) is 4.95. The summed E-state index contributed by atoms with van der Waals surface area (Å²) in [6.45, 7) is 8.01. The van der Waals surface area contributed by atoms with Crippen LogP contribution in [0.4, 0.5) is 5.95 Å². The Morgan fingerprint density at radius 2 is 2.17 bits per heavy atom. The SMILES string of the molecule is CCCOc1cccc2c1nc(N)n2CC(C)C. The Balaban J connectivity index is 2.45. The highest BCUT2D eigenvalue weighted by atomic mass is 16.5. The van der Waals surface area contributed by atoms with Crippen molar-refractivity contribution in [2.75, 3.05) is 12.3 Å². The highest BCUT2D eigenvalue weighted by Crippen LogP contribution is 2.27. The summed E-state index contributed by atoms with van der Waals surface area (Å²) in [5, 5.41) is 0. The van der Waals surface area contributed by atoms with Crippen molar-refractivity contribution >= 4 is 17.0 Å². The third-order valence-electron chi connectivity index (χ3n) is 2.78. The number of benzene rings is 1. The summed E-state index contributed by atoms with van der Waals surface area (Å²) < 4.78 is 7.76. The molecule has 0 aliphatic heterocycles. The lowest BCUT2D eigenvalue weighted by Crippen LogP contribution is -2.07. The molecule has 0 aliphatic carbocycles. The number of nitrogen functional groups attached to an aromatic ring is 1. The van der Waals surface area contributed by atoms with Crippen LogP contribution in [0.5, 0.6) is 5.75 Å². The second kappa shape index (κ2) is 5.29. The zero-order valence-electron chi connectivity index (χ0n) is 11.3. The second-order valence-corrected chi connectivity index (χ2v) is 4.95. The van der Waals surface area contributed by atoms with Gasteiger partial charge in [0.1, 0.15) is 11.3 Å². The van der Waals surface area contributed by atoms with Crippen LogP contribution in [-0.4, -0.2) is 16.2 Å². The van der Waals surface area contributed by atoms with Crippen molar-refractivity contribution in [3.63, 3.8) is 0 Å². The molecule has 0 spiro atoms. The quantitative estimate of drug-likeness (QED) is 0.883. The maximum absolute atomic E-state index is 6.00. The van der Waals surface area contributed by atoms with Crippen LogP contribution in [0.2, 0.25) is 0 Å². The third kappa shape index (κ3) is 2.42. The summed E-state index contributed by atoms with van der Waals surface area (Å²) in [4.78, 5) is 4.43. The van der Waals surface area contributed by atoms with Crippen LogP contribution >= 0.6 is 0 Å². The van der Waals surface area contributed by atoms with Gasteiger partial charge in [-0.1, -0.05) is 26.8 Å². The van der Waals surface area contributed by atoms with E-state index in [2.05, 4.69) is 30.3 Å². The standard InChI is InChI=1S/C14H21N3O/c1-4-8-18-12-7-5-6-11-13(12)16-14(15)17(11)9-10(2)3/h5-7,10H,4,8-9H2,1-3H3,(H2,15,16). The highest BCUT2D eigenvalue weighted by Gasteiger charge is 2.12. The Hall–Kier alpha value is -1.71. The molecule has 0 aliphatic rings. The van der Waals surface area contributed by atoms with Gasteiger partial charge in [0.2, 0.25) is 5.95 Å². The summed E-state index contributed by atoms with van der Waals surface area (Å²) in [5.74, 6) is 1.92. The van der Waals surface area contributed by atoms with Gasteiger partial charge in [-0.3, -0.25) is 0 Å². The Morgan fingerprint density at radius 1 is 1.39 bits per heavy atom. The molecule has 2 aromatic rings. The largest absolute Gasteiger partial charge is 0.491 e. The maximum atomic E-state index is 6.00. The average molecular weight is 247 g/mol. The monoisotopic (exact) mass is 247 g/mol. The zero-order chi connectivity index (χ0) is 13.1. The molecular formula is C14H21N3O. The van der Waals surface area contributed by atoms with Gasteiger partial charge in [-0.25, -0.2) is 4.98 Å².